The summed E-state index contributed by atoms with van der Waals surface area (Å²) in [7, 11) is 1.54. The number of hydrogen-bond donors (Lipinski definition) is 2. The predicted molar refractivity (Wildman–Crippen MR) is 87.2 cm³/mol. The molecule has 1 fully saturated rings. The van der Waals surface area contributed by atoms with Gasteiger partial charge in [-0.15, -0.1) is 0 Å². The number of phenols is 1. The van der Waals surface area contributed by atoms with Crippen molar-refractivity contribution >= 4 is 11.6 Å². The quantitative estimate of drug-likeness (QED) is 0.787. The van der Waals surface area contributed by atoms with Gasteiger partial charge in [0.1, 0.15) is 0 Å². The lowest BCUT2D eigenvalue weighted by Gasteiger charge is -2.24. The van der Waals surface area contributed by atoms with E-state index in [9.17, 15) is 5.11 Å². The molecule has 0 spiro atoms. The van der Waals surface area contributed by atoms with Crippen molar-refractivity contribution < 1.29 is 9.84 Å². The normalized spacial score (nSPS) is 18.2. The zero-order chi connectivity index (χ0) is 15.2. The summed E-state index contributed by atoms with van der Waals surface area (Å²) in [6.07, 6.45) is 8.03. The minimum atomic E-state index is 0.183. The highest BCUT2D eigenvalue weighted by atomic mass is 35.5. The molecule has 0 bridgehead atoms. The molecule has 1 aromatic rings. The molecule has 1 aliphatic carbocycles. The van der Waals surface area contributed by atoms with Gasteiger partial charge in [-0.2, -0.15) is 0 Å². The van der Waals surface area contributed by atoms with Crippen molar-refractivity contribution in [2.45, 2.75) is 58.0 Å². The molecule has 0 aliphatic heterocycles. The van der Waals surface area contributed by atoms with Gasteiger partial charge in [-0.3, -0.25) is 0 Å². The molecule has 0 aromatic heterocycles. The molecule has 1 aromatic carbocycles. The minimum Gasteiger partial charge on any atom is -0.504 e. The van der Waals surface area contributed by atoms with Crippen LogP contribution in [0.1, 0.15) is 51.0 Å². The summed E-state index contributed by atoms with van der Waals surface area (Å²) in [5.74, 6) is 1.35. The largest absolute Gasteiger partial charge is 0.504 e. The van der Waals surface area contributed by atoms with Crippen molar-refractivity contribution in [3.8, 4) is 11.5 Å². The average molecular weight is 312 g/mol. The summed E-state index contributed by atoms with van der Waals surface area (Å²) in [5.41, 5.74) is 0.792. The van der Waals surface area contributed by atoms with Crippen molar-refractivity contribution in [3.63, 3.8) is 0 Å². The third kappa shape index (κ3) is 4.52. The number of hydrogen-bond acceptors (Lipinski definition) is 3. The molecule has 1 atom stereocenters. The van der Waals surface area contributed by atoms with Crippen LogP contribution in [0.2, 0.25) is 5.02 Å². The zero-order valence-electron chi connectivity index (χ0n) is 13.0. The van der Waals surface area contributed by atoms with Crippen molar-refractivity contribution in [3.05, 3.63) is 22.7 Å². The third-order valence-corrected chi connectivity index (χ3v) is 4.78. The third-order valence-electron chi connectivity index (χ3n) is 4.56. The number of aromatic hydroxyl groups is 1. The molecule has 2 N–H and O–H groups in total. The number of nitrogens with one attached hydrogen (secondary N) is 1. The van der Waals surface area contributed by atoms with Gasteiger partial charge in [0.2, 0.25) is 0 Å². The first-order valence-electron chi connectivity index (χ1n) is 7.90. The first kappa shape index (κ1) is 16.4. The Kier molecular flexibility index (Phi) is 6.19. The van der Waals surface area contributed by atoms with Gasteiger partial charge in [-0.05, 0) is 31.7 Å². The molecule has 1 aliphatic rings. The Morgan fingerprint density at radius 2 is 1.95 bits per heavy atom. The lowest BCUT2D eigenvalue weighted by Crippen LogP contribution is -2.33. The van der Waals surface area contributed by atoms with Crippen LogP contribution >= 0.6 is 11.6 Å². The van der Waals surface area contributed by atoms with Gasteiger partial charge in [0, 0.05) is 29.2 Å². The first-order chi connectivity index (χ1) is 10.1. The van der Waals surface area contributed by atoms with Crippen LogP contribution in [0.4, 0.5) is 0 Å². The number of ether oxygens (including phenoxy) is 1. The van der Waals surface area contributed by atoms with Gasteiger partial charge < -0.3 is 15.2 Å². The maximum absolute atomic E-state index is 10.2. The van der Waals surface area contributed by atoms with E-state index in [0.29, 0.717) is 23.4 Å². The second-order valence-electron chi connectivity index (χ2n) is 6.04. The van der Waals surface area contributed by atoms with Gasteiger partial charge in [0.25, 0.3) is 0 Å². The van der Waals surface area contributed by atoms with E-state index in [0.717, 1.165) is 11.5 Å². The predicted octanol–water partition coefficient (Wildman–Crippen LogP) is 4.50. The van der Waals surface area contributed by atoms with Crippen LogP contribution in [-0.2, 0) is 6.54 Å². The van der Waals surface area contributed by atoms with E-state index < -0.39 is 0 Å². The Bertz CT molecular complexity index is 456. The maximum Gasteiger partial charge on any atom is 0.162 e. The Morgan fingerprint density at radius 3 is 2.57 bits per heavy atom. The molecular weight excluding hydrogens is 286 g/mol. The van der Waals surface area contributed by atoms with E-state index in [1.54, 1.807) is 12.1 Å². The molecule has 0 unspecified atom stereocenters. The summed E-state index contributed by atoms with van der Waals surface area (Å²) in [5, 5.41) is 14.3. The molecule has 0 saturated heterocycles. The average Bonchev–Trinajstić information content (AvgIpc) is 2.76. The lowest BCUT2D eigenvalue weighted by atomic mass is 9.93. The second-order valence-corrected chi connectivity index (χ2v) is 6.47. The van der Waals surface area contributed by atoms with Crippen LogP contribution in [0.5, 0.6) is 11.5 Å². The summed E-state index contributed by atoms with van der Waals surface area (Å²) < 4.78 is 5.14. The highest BCUT2D eigenvalue weighted by Gasteiger charge is 2.19. The summed E-state index contributed by atoms with van der Waals surface area (Å²) in [4.78, 5) is 0. The van der Waals surface area contributed by atoms with Crippen LogP contribution in [-0.4, -0.2) is 18.3 Å². The summed E-state index contributed by atoms with van der Waals surface area (Å²) in [6, 6.07) is 3.88. The summed E-state index contributed by atoms with van der Waals surface area (Å²) in [6.45, 7) is 2.86. The van der Waals surface area contributed by atoms with Gasteiger partial charge in [-0.1, -0.05) is 37.3 Å². The van der Waals surface area contributed by atoms with E-state index in [1.165, 1.54) is 45.6 Å². The van der Waals surface area contributed by atoms with Crippen LogP contribution in [0.25, 0.3) is 0 Å². The summed E-state index contributed by atoms with van der Waals surface area (Å²) >= 11 is 6.07. The molecule has 0 radical (unpaired) electrons. The SMILES string of the molecule is COc1cc(Cl)cc(CN[C@@H](C)C2CCCCCC2)c1O. The fraction of sp³-hybridized carbons (Fsp3) is 0.647. The number of methoxy groups -OCH3 is 1. The standard InChI is InChI=1S/C17H26ClNO2/c1-12(13-7-5-3-4-6-8-13)19-11-14-9-15(18)10-16(21-2)17(14)20/h9-10,12-13,19-20H,3-8,11H2,1-2H3/t12-/m0/s1. The molecule has 118 valence electrons. The highest BCUT2D eigenvalue weighted by molar-refractivity contribution is 6.30. The minimum absolute atomic E-state index is 0.183. The van der Waals surface area contributed by atoms with Crippen LogP contribution in [0.15, 0.2) is 12.1 Å². The van der Waals surface area contributed by atoms with E-state index >= 15 is 0 Å². The maximum atomic E-state index is 10.2. The molecule has 2 rings (SSSR count). The number of halogens is 1. The van der Waals surface area contributed by atoms with E-state index in [-0.39, 0.29) is 5.75 Å². The molecule has 4 heteroatoms. The molecule has 0 amide bonds. The molecule has 0 heterocycles. The van der Waals surface area contributed by atoms with Gasteiger partial charge >= 0.3 is 0 Å². The van der Waals surface area contributed by atoms with E-state index in [1.807, 2.05) is 0 Å². The van der Waals surface area contributed by atoms with Crippen LogP contribution in [0, 0.1) is 5.92 Å². The van der Waals surface area contributed by atoms with Crippen molar-refractivity contribution in [2.75, 3.05) is 7.11 Å². The van der Waals surface area contributed by atoms with Gasteiger partial charge in [0.15, 0.2) is 11.5 Å². The van der Waals surface area contributed by atoms with Crippen molar-refractivity contribution in [2.24, 2.45) is 5.92 Å². The Labute approximate surface area is 132 Å². The van der Waals surface area contributed by atoms with Crippen LogP contribution in [0.3, 0.4) is 0 Å². The van der Waals surface area contributed by atoms with Gasteiger partial charge in [-0.25, -0.2) is 0 Å². The fourth-order valence-electron chi connectivity index (χ4n) is 3.17. The Balaban J connectivity index is 1.97. The zero-order valence-corrected chi connectivity index (χ0v) is 13.7. The molecule has 1 saturated carbocycles. The molecule has 3 nitrogen and oxygen atoms in total. The number of phenolic OH excluding ortho intramolecular Hbond substituents is 1. The number of benzene rings is 1. The highest BCUT2D eigenvalue weighted by Crippen LogP contribution is 2.33. The van der Waals surface area contributed by atoms with Crippen molar-refractivity contribution in [1.29, 1.82) is 0 Å². The molecule has 21 heavy (non-hydrogen) atoms. The molecular formula is C17H26ClNO2. The van der Waals surface area contributed by atoms with Gasteiger partial charge in [0.05, 0.1) is 7.11 Å². The Hall–Kier alpha value is -0.930. The Morgan fingerprint density at radius 1 is 1.29 bits per heavy atom. The second kappa shape index (κ2) is 7.90. The van der Waals surface area contributed by atoms with Crippen molar-refractivity contribution in [1.82, 2.24) is 5.32 Å². The smallest absolute Gasteiger partial charge is 0.162 e. The number of rotatable bonds is 5. The lowest BCUT2D eigenvalue weighted by molar-refractivity contribution is 0.332. The van der Waals surface area contributed by atoms with E-state index in [4.69, 9.17) is 16.3 Å². The first-order valence-corrected chi connectivity index (χ1v) is 8.28. The monoisotopic (exact) mass is 311 g/mol. The fourth-order valence-corrected chi connectivity index (χ4v) is 3.40. The van der Waals surface area contributed by atoms with Crippen LogP contribution < -0.4 is 10.1 Å². The topological polar surface area (TPSA) is 41.5 Å². The van der Waals surface area contributed by atoms with E-state index in [2.05, 4.69) is 12.2 Å².